The molecule has 0 atom stereocenters. The second-order valence-electron chi connectivity index (χ2n) is 3.91. The Morgan fingerprint density at radius 2 is 2.17 bits per heavy atom. The maximum atomic E-state index is 12.0. The van der Waals surface area contributed by atoms with Crippen LogP contribution in [0.2, 0.25) is 5.02 Å². The Hall–Kier alpha value is -1.33. The van der Waals surface area contributed by atoms with Gasteiger partial charge in [0.2, 0.25) is 0 Å². The van der Waals surface area contributed by atoms with Crippen LogP contribution in [-0.4, -0.2) is 16.1 Å². The van der Waals surface area contributed by atoms with E-state index in [4.69, 9.17) is 11.6 Å². The number of aromatic nitrogens is 2. The van der Waals surface area contributed by atoms with Crippen molar-refractivity contribution in [2.75, 3.05) is 5.32 Å². The lowest BCUT2D eigenvalue weighted by Gasteiger charge is -2.04. The summed E-state index contributed by atoms with van der Waals surface area (Å²) in [6.07, 6.45) is 0. The van der Waals surface area contributed by atoms with E-state index in [1.54, 1.807) is 18.2 Å². The van der Waals surface area contributed by atoms with Gasteiger partial charge in [0.25, 0.3) is 5.91 Å². The summed E-state index contributed by atoms with van der Waals surface area (Å²) in [5.41, 5.74) is 2.34. The highest BCUT2D eigenvalue weighted by molar-refractivity contribution is 9.10. The topological polar surface area (TPSA) is 57.8 Å². The zero-order chi connectivity index (χ0) is 13.3. The fraction of sp³-hybridized carbons (Fsp3) is 0.167. The Labute approximate surface area is 118 Å². The second-order valence-corrected chi connectivity index (χ2v) is 5.17. The summed E-state index contributed by atoms with van der Waals surface area (Å²) in [5, 5.41) is 10.1. The largest absolute Gasteiger partial charge is 0.305 e. The normalized spacial score (nSPS) is 10.4. The minimum absolute atomic E-state index is 0.237. The van der Waals surface area contributed by atoms with Gasteiger partial charge in [-0.15, -0.1) is 0 Å². The van der Waals surface area contributed by atoms with Gasteiger partial charge in [-0.2, -0.15) is 5.10 Å². The molecule has 0 aliphatic carbocycles. The minimum Gasteiger partial charge on any atom is -0.305 e. The van der Waals surface area contributed by atoms with Crippen molar-refractivity contribution in [2.45, 2.75) is 13.8 Å². The van der Waals surface area contributed by atoms with E-state index >= 15 is 0 Å². The number of H-pyrrole nitrogens is 1. The monoisotopic (exact) mass is 327 g/mol. The number of carbonyl (C=O) groups excluding carboxylic acids is 1. The standard InChI is InChI=1S/C12H11BrClN3O/c1-6-7(2)16-17-11(6)15-12(18)8-3-4-9(13)10(14)5-8/h3-5H,1-2H3,(H2,15,16,17,18). The number of amides is 1. The zero-order valence-electron chi connectivity index (χ0n) is 9.84. The van der Waals surface area contributed by atoms with Crippen LogP contribution < -0.4 is 5.32 Å². The third kappa shape index (κ3) is 2.57. The Morgan fingerprint density at radius 1 is 1.44 bits per heavy atom. The number of benzene rings is 1. The predicted octanol–water partition coefficient (Wildman–Crippen LogP) is 3.69. The maximum Gasteiger partial charge on any atom is 0.256 e. The molecule has 0 unspecified atom stereocenters. The molecule has 0 spiro atoms. The molecule has 18 heavy (non-hydrogen) atoms. The van der Waals surface area contributed by atoms with Gasteiger partial charge in [-0.25, -0.2) is 0 Å². The number of rotatable bonds is 2. The molecule has 0 saturated heterocycles. The lowest BCUT2D eigenvalue weighted by molar-refractivity contribution is 0.102. The van der Waals surface area contributed by atoms with Crippen molar-refractivity contribution in [3.8, 4) is 0 Å². The fourth-order valence-corrected chi connectivity index (χ4v) is 1.85. The van der Waals surface area contributed by atoms with Crippen molar-refractivity contribution < 1.29 is 4.79 Å². The van der Waals surface area contributed by atoms with E-state index in [0.717, 1.165) is 15.7 Å². The van der Waals surface area contributed by atoms with E-state index in [1.165, 1.54) is 0 Å². The van der Waals surface area contributed by atoms with Gasteiger partial charge in [0, 0.05) is 21.3 Å². The summed E-state index contributed by atoms with van der Waals surface area (Å²) in [4.78, 5) is 12.0. The van der Waals surface area contributed by atoms with Gasteiger partial charge in [-0.3, -0.25) is 9.89 Å². The summed E-state index contributed by atoms with van der Waals surface area (Å²) in [7, 11) is 0. The van der Waals surface area contributed by atoms with Gasteiger partial charge in [-0.1, -0.05) is 11.6 Å². The van der Waals surface area contributed by atoms with Crippen molar-refractivity contribution in [3.63, 3.8) is 0 Å². The van der Waals surface area contributed by atoms with Crippen molar-refractivity contribution in [3.05, 3.63) is 44.5 Å². The molecule has 0 aliphatic rings. The van der Waals surface area contributed by atoms with Crippen LogP contribution in [-0.2, 0) is 0 Å². The highest BCUT2D eigenvalue weighted by atomic mass is 79.9. The van der Waals surface area contributed by atoms with Crippen molar-refractivity contribution in [1.29, 1.82) is 0 Å². The van der Waals surface area contributed by atoms with E-state index in [1.807, 2.05) is 13.8 Å². The van der Waals surface area contributed by atoms with Crippen LogP contribution in [0.15, 0.2) is 22.7 Å². The average molecular weight is 329 g/mol. The van der Waals surface area contributed by atoms with E-state index in [2.05, 4.69) is 31.4 Å². The Balaban J connectivity index is 2.22. The van der Waals surface area contributed by atoms with E-state index in [-0.39, 0.29) is 5.91 Å². The fourth-order valence-electron chi connectivity index (χ4n) is 1.42. The first kappa shape index (κ1) is 13.1. The van der Waals surface area contributed by atoms with Crippen LogP contribution >= 0.6 is 27.5 Å². The summed E-state index contributed by atoms with van der Waals surface area (Å²) in [6.45, 7) is 3.79. The molecule has 2 rings (SSSR count). The van der Waals surface area contributed by atoms with Crippen LogP contribution in [0.4, 0.5) is 5.82 Å². The number of anilines is 1. The molecular formula is C12H11BrClN3O. The van der Waals surface area contributed by atoms with Crippen LogP contribution in [0.5, 0.6) is 0 Å². The molecule has 0 bridgehead atoms. The van der Waals surface area contributed by atoms with Crippen LogP contribution in [0.3, 0.4) is 0 Å². The number of aryl methyl sites for hydroxylation is 1. The molecule has 1 aromatic carbocycles. The average Bonchev–Trinajstić information content (AvgIpc) is 2.64. The van der Waals surface area contributed by atoms with Gasteiger partial charge >= 0.3 is 0 Å². The smallest absolute Gasteiger partial charge is 0.256 e. The lowest BCUT2D eigenvalue weighted by Crippen LogP contribution is -2.12. The first-order chi connectivity index (χ1) is 8.49. The minimum atomic E-state index is -0.237. The number of halogens is 2. The molecule has 6 heteroatoms. The third-order valence-electron chi connectivity index (χ3n) is 2.67. The number of nitrogens with one attached hydrogen (secondary N) is 2. The molecule has 4 nitrogen and oxygen atoms in total. The molecule has 1 heterocycles. The highest BCUT2D eigenvalue weighted by Gasteiger charge is 2.12. The molecule has 0 radical (unpaired) electrons. The molecule has 0 fully saturated rings. The van der Waals surface area contributed by atoms with Crippen molar-refractivity contribution in [2.24, 2.45) is 0 Å². The molecule has 0 aliphatic heterocycles. The molecule has 2 N–H and O–H groups in total. The van der Waals surface area contributed by atoms with Gasteiger partial charge in [0.15, 0.2) is 5.82 Å². The van der Waals surface area contributed by atoms with Crippen LogP contribution in [0.25, 0.3) is 0 Å². The van der Waals surface area contributed by atoms with Crippen LogP contribution in [0, 0.1) is 13.8 Å². The second kappa shape index (κ2) is 5.12. The highest BCUT2D eigenvalue weighted by Crippen LogP contribution is 2.24. The van der Waals surface area contributed by atoms with Gasteiger partial charge in [0.1, 0.15) is 0 Å². The molecule has 0 saturated carbocycles. The lowest BCUT2D eigenvalue weighted by atomic mass is 10.2. The number of aromatic amines is 1. The number of nitrogens with zero attached hydrogens (tertiary/aromatic N) is 1. The number of carbonyl (C=O) groups is 1. The van der Waals surface area contributed by atoms with Gasteiger partial charge in [0.05, 0.1) is 5.02 Å². The van der Waals surface area contributed by atoms with Crippen LogP contribution in [0.1, 0.15) is 21.6 Å². The SMILES string of the molecule is Cc1[nH]nc(NC(=O)c2ccc(Br)c(Cl)c2)c1C. The zero-order valence-corrected chi connectivity index (χ0v) is 12.2. The van der Waals surface area contributed by atoms with Gasteiger partial charge < -0.3 is 5.32 Å². The summed E-state index contributed by atoms with van der Waals surface area (Å²) in [6, 6.07) is 5.04. The van der Waals surface area contributed by atoms with Crippen molar-refractivity contribution >= 4 is 39.3 Å². The predicted molar refractivity (Wildman–Crippen MR) is 75.2 cm³/mol. The summed E-state index contributed by atoms with van der Waals surface area (Å²) in [5.74, 6) is 0.301. The number of hydrogen-bond acceptors (Lipinski definition) is 2. The Morgan fingerprint density at radius 3 is 2.72 bits per heavy atom. The Bertz CT molecular complexity index is 609. The quantitative estimate of drug-likeness (QED) is 0.883. The first-order valence-corrected chi connectivity index (χ1v) is 6.44. The molecule has 1 amide bonds. The maximum absolute atomic E-state index is 12.0. The van der Waals surface area contributed by atoms with Gasteiger partial charge in [-0.05, 0) is 48.0 Å². The summed E-state index contributed by atoms with van der Waals surface area (Å²) < 4.78 is 0.757. The third-order valence-corrected chi connectivity index (χ3v) is 3.90. The molecule has 1 aromatic heterocycles. The molecule has 94 valence electrons. The van der Waals surface area contributed by atoms with Crippen molar-refractivity contribution in [1.82, 2.24) is 10.2 Å². The number of hydrogen-bond donors (Lipinski definition) is 2. The van der Waals surface area contributed by atoms with E-state index < -0.39 is 0 Å². The van der Waals surface area contributed by atoms with E-state index in [9.17, 15) is 4.79 Å². The Kier molecular flexibility index (Phi) is 3.73. The summed E-state index contributed by atoms with van der Waals surface area (Å²) >= 11 is 9.23. The molecule has 2 aromatic rings. The van der Waals surface area contributed by atoms with E-state index in [0.29, 0.717) is 16.4 Å². The molecular weight excluding hydrogens is 318 g/mol. The first-order valence-electron chi connectivity index (χ1n) is 5.27.